The van der Waals surface area contributed by atoms with E-state index >= 15 is 0 Å². The average molecular weight is 257 g/mol. The van der Waals surface area contributed by atoms with Gasteiger partial charge in [-0.3, -0.25) is 0 Å². The van der Waals surface area contributed by atoms with Crippen LogP contribution in [0.5, 0.6) is 0 Å². The Balaban J connectivity index is -0.0000000150. The van der Waals surface area contributed by atoms with E-state index in [0.29, 0.717) is 0 Å². The predicted octanol–water partition coefficient (Wildman–Crippen LogP) is 0.872. The molecule has 0 nitrogen and oxygen atoms in total. The molecule has 0 aromatic carbocycles. The summed E-state index contributed by atoms with van der Waals surface area (Å²) in [5, 5.41) is 0. The van der Waals surface area contributed by atoms with Gasteiger partial charge in [-0.15, -0.1) is 0 Å². The first kappa shape index (κ1) is 23.2. The molecule has 0 N–H and O–H groups in total. The van der Waals surface area contributed by atoms with Crippen molar-refractivity contribution in [3.8, 4) is 0 Å². The Morgan fingerprint density at radius 2 is 1.00 bits per heavy atom. The summed E-state index contributed by atoms with van der Waals surface area (Å²) in [4.78, 5) is 0. The molecule has 0 aromatic rings. The van der Waals surface area contributed by atoms with Crippen molar-refractivity contribution in [2.75, 3.05) is 0 Å². The third kappa shape index (κ3) is 78.9. The second kappa shape index (κ2) is 15.7. The maximum atomic E-state index is 9.81. The summed E-state index contributed by atoms with van der Waals surface area (Å²) in [7, 11) is 0. The number of hydrogen-bond acceptors (Lipinski definition) is 0. The van der Waals surface area contributed by atoms with Crippen molar-refractivity contribution >= 4 is 15.5 Å². The molecule has 0 saturated heterocycles. The van der Waals surface area contributed by atoms with Crippen LogP contribution in [0.4, 0.5) is 10.6 Å². The fourth-order valence-electron chi connectivity index (χ4n) is 0. The monoisotopic (exact) mass is 256 g/mol. The first-order valence-electron chi connectivity index (χ1n) is 0.655. The van der Waals surface area contributed by atoms with Crippen molar-refractivity contribution in [2.45, 2.75) is 0 Å². The summed E-state index contributed by atoms with van der Waals surface area (Å²) in [5.41, 5.74) is 0. The Labute approximate surface area is 76.0 Å². The Kier molecular flexibility index (Phi) is 51.9. The van der Waals surface area contributed by atoms with Crippen molar-refractivity contribution in [1.82, 2.24) is 0 Å². The summed E-state index contributed by atoms with van der Waals surface area (Å²) in [6, 6.07) is 0. The molecule has 0 spiro atoms. The van der Waals surface area contributed by atoms with Crippen LogP contribution in [0.15, 0.2) is 0 Å². The first-order valence-corrected chi connectivity index (χ1v) is 1.96. The third-order valence-corrected chi connectivity index (χ3v) is 0. The minimum absolute atomic E-state index is 0. The van der Waals surface area contributed by atoms with Crippen LogP contribution < -0.4 is 0 Å². The molecule has 0 aliphatic rings. The third-order valence-electron chi connectivity index (χ3n) is 0. The van der Waals surface area contributed by atoms with Gasteiger partial charge in [0.05, 0.1) is 0 Å². The SMILES string of the molecule is [Co].[F][Al]([F])[F].[Mn].[Ni]. The second-order valence-electron chi connectivity index (χ2n) is 0.247. The Hall–Kier alpha value is 1.84. The van der Waals surface area contributed by atoms with Crippen molar-refractivity contribution in [3.63, 3.8) is 0 Å². The van der Waals surface area contributed by atoms with Gasteiger partial charge in [0.1, 0.15) is 0 Å². The molecule has 0 amide bonds. The summed E-state index contributed by atoms with van der Waals surface area (Å²) in [5.74, 6) is 0. The smallest absolute Gasteiger partial charge is 0.346 e. The van der Waals surface area contributed by atoms with E-state index in [1.54, 1.807) is 0 Å². The molecule has 0 aromatic heterocycles. The van der Waals surface area contributed by atoms with E-state index < -0.39 is 15.5 Å². The standard InChI is InChI=1S/Al.Co.3FH.Mn.Ni/h;;3*1H;;/q+3;;;;;;/p-3. The van der Waals surface area contributed by atoms with Crippen LogP contribution in [-0.4, -0.2) is 15.5 Å². The molecule has 0 aliphatic carbocycles. The molecular weight excluding hydrogens is 257 g/mol. The van der Waals surface area contributed by atoms with E-state index in [1.165, 1.54) is 0 Å². The zero-order chi connectivity index (χ0) is 3.58. The minimum atomic E-state index is -4.64. The summed E-state index contributed by atoms with van der Waals surface area (Å²) in [6.45, 7) is 0. The van der Waals surface area contributed by atoms with Gasteiger partial charge in [0.15, 0.2) is 0 Å². The average Bonchev–Trinajstić information content (AvgIpc) is 0.811. The zero-order valence-electron chi connectivity index (χ0n) is 2.74. The molecule has 7 heteroatoms. The van der Waals surface area contributed by atoms with Crippen molar-refractivity contribution in [2.24, 2.45) is 0 Å². The Morgan fingerprint density at radius 1 is 1.00 bits per heavy atom. The number of rotatable bonds is 0. The van der Waals surface area contributed by atoms with Crippen molar-refractivity contribution < 1.29 is 60.9 Å². The van der Waals surface area contributed by atoms with Gasteiger partial charge in [-0.2, -0.15) is 0 Å². The van der Waals surface area contributed by atoms with Crippen LogP contribution >= 0.6 is 0 Å². The normalized spacial score (nSPS) is 3.86. The van der Waals surface area contributed by atoms with Gasteiger partial charge in [0.25, 0.3) is 0 Å². The van der Waals surface area contributed by atoms with Gasteiger partial charge in [-0.25, -0.2) is 0 Å². The molecular formula is AlCoF3MnNi. The van der Waals surface area contributed by atoms with Gasteiger partial charge < -0.3 is 10.6 Å². The van der Waals surface area contributed by atoms with Gasteiger partial charge in [-0.05, 0) is 0 Å². The summed E-state index contributed by atoms with van der Waals surface area (Å²) < 4.78 is 29.4. The van der Waals surface area contributed by atoms with Crippen LogP contribution in [-0.2, 0) is 50.3 Å². The molecule has 0 heterocycles. The molecule has 0 saturated carbocycles. The maximum absolute atomic E-state index is 9.81. The molecule has 50 valence electrons. The van der Waals surface area contributed by atoms with Crippen LogP contribution in [0, 0.1) is 0 Å². The van der Waals surface area contributed by atoms with Crippen molar-refractivity contribution in [1.29, 1.82) is 0 Å². The molecule has 0 rings (SSSR count). The predicted molar refractivity (Wildman–Crippen MR) is 9.08 cm³/mol. The van der Waals surface area contributed by atoms with Gasteiger partial charge in [0.2, 0.25) is 0 Å². The molecule has 7 heavy (non-hydrogen) atoms. The van der Waals surface area contributed by atoms with E-state index in [9.17, 15) is 10.6 Å². The van der Waals surface area contributed by atoms with Gasteiger partial charge in [-0.1, -0.05) is 0 Å². The van der Waals surface area contributed by atoms with E-state index in [2.05, 4.69) is 0 Å². The van der Waals surface area contributed by atoms with Crippen molar-refractivity contribution in [3.05, 3.63) is 0 Å². The van der Waals surface area contributed by atoms with Gasteiger partial charge >= 0.3 is 15.5 Å². The number of hydrogen-bond donors (Lipinski definition) is 0. The largest absolute Gasteiger partial charge is 1.04 e. The van der Waals surface area contributed by atoms with Crippen LogP contribution in [0.3, 0.4) is 0 Å². The van der Waals surface area contributed by atoms with E-state index in [0.717, 1.165) is 0 Å². The van der Waals surface area contributed by atoms with Crippen LogP contribution in [0.1, 0.15) is 0 Å². The quantitative estimate of drug-likeness (QED) is 0.564. The van der Waals surface area contributed by atoms with Crippen LogP contribution in [0.25, 0.3) is 0 Å². The molecule has 0 atom stereocenters. The Morgan fingerprint density at radius 3 is 1.00 bits per heavy atom. The van der Waals surface area contributed by atoms with Gasteiger partial charge in [0, 0.05) is 50.3 Å². The zero-order valence-corrected chi connectivity index (χ0v) is 7.10. The second-order valence-corrected chi connectivity index (χ2v) is 0.742. The topological polar surface area (TPSA) is 0 Å². The Bertz CT molecular complexity index is 19.7. The minimum Gasteiger partial charge on any atom is -0.346 e. The number of halogens is 3. The van der Waals surface area contributed by atoms with Crippen LogP contribution in [0.2, 0.25) is 0 Å². The maximum Gasteiger partial charge on any atom is 1.04 e. The van der Waals surface area contributed by atoms with E-state index in [1.807, 2.05) is 0 Å². The molecule has 0 aliphatic heterocycles. The fourth-order valence-corrected chi connectivity index (χ4v) is 0. The van der Waals surface area contributed by atoms with E-state index in [4.69, 9.17) is 0 Å². The summed E-state index contributed by atoms with van der Waals surface area (Å²) >= 11 is -4.64. The molecule has 2 radical (unpaired) electrons. The van der Waals surface area contributed by atoms with E-state index in [-0.39, 0.29) is 50.3 Å². The molecule has 0 fully saturated rings. The fraction of sp³-hybridized carbons (Fsp3) is 0. The first-order chi connectivity index (χ1) is 1.73. The summed E-state index contributed by atoms with van der Waals surface area (Å²) in [6.07, 6.45) is 0. The molecule has 0 bridgehead atoms. The molecule has 0 unspecified atom stereocenters.